The lowest BCUT2D eigenvalue weighted by Crippen LogP contribution is -2.04. The second-order valence-electron chi connectivity index (χ2n) is 5.17. The van der Waals surface area contributed by atoms with E-state index in [2.05, 4.69) is 23.8 Å². The number of aromatic nitrogens is 2. The molecule has 2 aromatic rings. The van der Waals surface area contributed by atoms with Gasteiger partial charge in [0.1, 0.15) is 12.1 Å². The van der Waals surface area contributed by atoms with E-state index in [1.54, 1.807) is 20.4 Å². The molecule has 5 heteroatoms. The van der Waals surface area contributed by atoms with E-state index in [1.807, 2.05) is 12.1 Å². The zero-order valence-corrected chi connectivity index (χ0v) is 12.9. The summed E-state index contributed by atoms with van der Waals surface area (Å²) in [5, 5.41) is 0. The van der Waals surface area contributed by atoms with Crippen molar-refractivity contribution in [1.29, 1.82) is 0 Å². The molecule has 21 heavy (non-hydrogen) atoms. The van der Waals surface area contributed by atoms with Crippen molar-refractivity contribution in [2.75, 3.05) is 20.0 Å². The van der Waals surface area contributed by atoms with Crippen LogP contribution < -0.4 is 15.2 Å². The number of nitrogens with two attached hydrogens (primary N) is 1. The Morgan fingerprint density at radius 3 is 2.33 bits per heavy atom. The van der Waals surface area contributed by atoms with Crippen LogP contribution in [0.5, 0.6) is 11.5 Å². The molecule has 0 aliphatic carbocycles. The minimum Gasteiger partial charge on any atom is -0.493 e. The number of hydrogen-bond acceptors (Lipinski definition) is 5. The van der Waals surface area contributed by atoms with Gasteiger partial charge in [-0.3, -0.25) is 0 Å². The standard InChI is InChI=1S/C16H21N3O2/c1-10(2)13-7-15(21-4)14(20-3)6-11(13)5-12-8-18-9-19-16(12)17/h6-10H,5H2,1-4H3,(H2,17,18,19). The van der Waals surface area contributed by atoms with Crippen molar-refractivity contribution in [2.24, 2.45) is 0 Å². The molecule has 0 aliphatic heterocycles. The highest BCUT2D eigenvalue weighted by molar-refractivity contribution is 5.51. The molecule has 0 radical (unpaired) electrons. The number of nitrogen functional groups attached to an aromatic ring is 1. The average Bonchev–Trinajstić information content (AvgIpc) is 2.48. The van der Waals surface area contributed by atoms with Crippen LogP contribution >= 0.6 is 0 Å². The Kier molecular flexibility index (Phi) is 4.62. The number of ether oxygens (including phenoxy) is 2. The summed E-state index contributed by atoms with van der Waals surface area (Å²) >= 11 is 0. The summed E-state index contributed by atoms with van der Waals surface area (Å²) in [6, 6.07) is 4.03. The third kappa shape index (κ3) is 3.24. The van der Waals surface area contributed by atoms with Crippen LogP contribution in [0.1, 0.15) is 36.5 Å². The molecular weight excluding hydrogens is 266 g/mol. The van der Waals surface area contributed by atoms with Crippen molar-refractivity contribution in [3.8, 4) is 11.5 Å². The summed E-state index contributed by atoms with van der Waals surface area (Å²) in [5.41, 5.74) is 9.17. The lowest BCUT2D eigenvalue weighted by atomic mass is 9.92. The monoisotopic (exact) mass is 287 g/mol. The summed E-state index contributed by atoms with van der Waals surface area (Å²) in [5.74, 6) is 2.33. The number of rotatable bonds is 5. The largest absolute Gasteiger partial charge is 0.493 e. The highest BCUT2D eigenvalue weighted by Crippen LogP contribution is 2.35. The lowest BCUT2D eigenvalue weighted by molar-refractivity contribution is 0.354. The Morgan fingerprint density at radius 2 is 1.76 bits per heavy atom. The van der Waals surface area contributed by atoms with Crippen LogP contribution in [0.15, 0.2) is 24.7 Å². The van der Waals surface area contributed by atoms with Gasteiger partial charge in [0.2, 0.25) is 0 Å². The molecule has 112 valence electrons. The Bertz CT molecular complexity index is 627. The van der Waals surface area contributed by atoms with E-state index in [-0.39, 0.29) is 0 Å². The van der Waals surface area contributed by atoms with Crippen LogP contribution in [0.3, 0.4) is 0 Å². The fourth-order valence-corrected chi connectivity index (χ4v) is 2.34. The summed E-state index contributed by atoms with van der Waals surface area (Å²) in [7, 11) is 3.28. The number of hydrogen-bond donors (Lipinski definition) is 1. The van der Waals surface area contributed by atoms with Crippen molar-refractivity contribution in [3.63, 3.8) is 0 Å². The lowest BCUT2D eigenvalue weighted by Gasteiger charge is -2.17. The van der Waals surface area contributed by atoms with Crippen LogP contribution in [0.25, 0.3) is 0 Å². The van der Waals surface area contributed by atoms with E-state index in [0.717, 1.165) is 16.9 Å². The molecule has 2 N–H and O–H groups in total. The number of benzene rings is 1. The second kappa shape index (κ2) is 6.43. The van der Waals surface area contributed by atoms with Crippen molar-refractivity contribution < 1.29 is 9.47 Å². The number of nitrogens with zero attached hydrogens (tertiary/aromatic N) is 2. The molecule has 0 aliphatic rings. The topological polar surface area (TPSA) is 70.3 Å². The molecule has 0 fully saturated rings. The summed E-state index contributed by atoms with van der Waals surface area (Å²) in [6.07, 6.45) is 3.88. The van der Waals surface area contributed by atoms with E-state index in [1.165, 1.54) is 11.9 Å². The van der Waals surface area contributed by atoms with Gasteiger partial charge in [0.15, 0.2) is 11.5 Å². The minimum absolute atomic E-state index is 0.366. The predicted molar refractivity (Wildman–Crippen MR) is 82.9 cm³/mol. The normalized spacial score (nSPS) is 10.7. The molecular formula is C16H21N3O2. The van der Waals surface area contributed by atoms with Crippen molar-refractivity contribution in [1.82, 2.24) is 9.97 Å². The molecule has 5 nitrogen and oxygen atoms in total. The fourth-order valence-electron chi connectivity index (χ4n) is 2.34. The first-order valence-corrected chi connectivity index (χ1v) is 6.86. The van der Waals surface area contributed by atoms with Gasteiger partial charge in [0, 0.05) is 18.2 Å². The number of methoxy groups -OCH3 is 2. The minimum atomic E-state index is 0.366. The van der Waals surface area contributed by atoms with Gasteiger partial charge in [0.05, 0.1) is 14.2 Å². The first-order valence-electron chi connectivity index (χ1n) is 6.86. The molecule has 1 aromatic carbocycles. The van der Waals surface area contributed by atoms with Crippen molar-refractivity contribution in [2.45, 2.75) is 26.2 Å². The Hall–Kier alpha value is -2.30. The van der Waals surface area contributed by atoms with E-state index >= 15 is 0 Å². The van der Waals surface area contributed by atoms with Gasteiger partial charge in [-0.15, -0.1) is 0 Å². The van der Waals surface area contributed by atoms with Gasteiger partial charge in [-0.25, -0.2) is 9.97 Å². The fraction of sp³-hybridized carbons (Fsp3) is 0.375. The van der Waals surface area contributed by atoms with Gasteiger partial charge in [-0.2, -0.15) is 0 Å². The Balaban J connectivity index is 2.48. The quantitative estimate of drug-likeness (QED) is 0.915. The third-order valence-corrected chi connectivity index (χ3v) is 3.47. The molecule has 0 unspecified atom stereocenters. The maximum absolute atomic E-state index is 5.91. The highest BCUT2D eigenvalue weighted by atomic mass is 16.5. The predicted octanol–water partition coefficient (Wildman–Crippen LogP) is 2.79. The summed E-state index contributed by atoms with van der Waals surface area (Å²) < 4.78 is 10.8. The van der Waals surface area contributed by atoms with Gasteiger partial charge >= 0.3 is 0 Å². The molecule has 1 aromatic heterocycles. The SMILES string of the molecule is COc1cc(Cc2cncnc2N)c(C(C)C)cc1OC. The van der Waals surface area contributed by atoms with E-state index in [0.29, 0.717) is 23.9 Å². The molecule has 0 bridgehead atoms. The molecule has 0 saturated carbocycles. The Labute approximate surface area is 125 Å². The average molecular weight is 287 g/mol. The highest BCUT2D eigenvalue weighted by Gasteiger charge is 2.15. The molecule has 0 saturated heterocycles. The molecule has 0 amide bonds. The van der Waals surface area contributed by atoms with Gasteiger partial charge in [-0.1, -0.05) is 13.8 Å². The van der Waals surface area contributed by atoms with Gasteiger partial charge < -0.3 is 15.2 Å². The molecule has 2 rings (SSSR count). The summed E-state index contributed by atoms with van der Waals surface area (Å²) in [4.78, 5) is 8.08. The van der Waals surface area contributed by atoms with Gasteiger partial charge in [-0.05, 0) is 29.2 Å². The first-order chi connectivity index (χ1) is 10.1. The zero-order chi connectivity index (χ0) is 15.4. The second-order valence-corrected chi connectivity index (χ2v) is 5.17. The van der Waals surface area contributed by atoms with Crippen LogP contribution in [0, 0.1) is 0 Å². The van der Waals surface area contributed by atoms with E-state index < -0.39 is 0 Å². The number of anilines is 1. The smallest absolute Gasteiger partial charge is 0.161 e. The van der Waals surface area contributed by atoms with Crippen LogP contribution in [0.2, 0.25) is 0 Å². The molecule has 0 atom stereocenters. The third-order valence-electron chi connectivity index (χ3n) is 3.47. The maximum atomic E-state index is 5.91. The van der Waals surface area contributed by atoms with Crippen LogP contribution in [-0.4, -0.2) is 24.2 Å². The summed E-state index contributed by atoms with van der Waals surface area (Å²) in [6.45, 7) is 4.30. The van der Waals surface area contributed by atoms with Gasteiger partial charge in [0.25, 0.3) is 0 Å². The maximum Gasteiger partial charge on any atom is 0.161 e. The van der Waals surface area contributed by atoms with Crippen LogP contribution in [0.4, 0.5) is 5.82 Å². The zero-order valence-electron chi connectivity index (χ0n) is 12.9. The van der Waals surface area contributed by atoms with Crippen LogP contribution in [-0.2, 0) is 6.42 Å². The van der Waals surface area contributed by atoms with E-state index in [4.69, 9.17) is 15.2 Å². The van der Waals surface area contributed by atoms with Crippen molar-refractivity contribution >= 4 is 5.82 Å². The van der Waals surface area contributed by atoms with E-state index in [9.17, 15) is 0 Å². The molecule has 1 heterocycles. The Morgan fingerprint density at radius 1 is 1.10 bits per heavy atom. The molecule has 0 spiro atoms. The first kappa shape index (κ1) is 15.1. The van der Waals surface area contributed by atoms with Crippen molar-refractivity contribution in [3.05, 3.63) is 41.3 Å².